The molecule has 6 nitrogen and oxygen atoms in total. The van der Waals surface area contributed by atoms with Crippen LogP contribution in [0.5, 0.6) is 0 Å². The normalized spacial score (nSPS) is 12.2. The summed E-state index contributed by atoms with van der Waals surface area (Å²) in [5.41, 5.74) is 2.70. The zero-order valence-electron chi connectivity index (χ0n) is 11.9. The molecule has 1 aromatic heterocycles. The highest BCUT2D eigenvalue weighted by Crippen LogP contribution is 2.12. The van der Waals surface area contributed by atoms with E-state index in [2.05, 4.69) is 10.4 Å². The van der Waals surface area contributed by atoms with Gasteiger partial charge in [0.25, 0.3) is 0 Å². The quantitative estimate of drug-likeness (QED) is 0.798. The van der Waals surface area contributed by atoms with E-state index in [1.165, 1.54) is 0 Å². The summed E-state index contributed by atoms with van der Waals surface area (Å²) in [6.07, 6.45) is 0.738. The molecule has 0 saturated carbocycles. The summed E-state index contributed by atoms with van der Waals surface area (Å²) < 4.78 is 1.74. The highest BCUT2D eigenvalue weighted by Gasteiger charge is 2.17. The van der Waals surface area contributed by atoms with E-state index in [9.17, 15) is 9.59 Å². The van der Waals surface area contributed by atoms with Crippen molar-refractivity contribution in [2.75, 3.05) is 6.54 Å². The average Bonchev–Trinajstić information content (AvgIpc) is 2.56. The van der Waals surface area contributed by atoms with Crippen LogP contribution in [0.4, 0.5) is 0 Å². The van der Waals surface area contributed by atoms with Crippen molar-refractivity contribution >= 4 is 11.9 Å². The number of hydrogen-bond acceptors (Lipinski definition) is 3. The molecule has 0 bridgehead atoms. The van der Waals surface area contributed by atoms with Crippen molar-refractivity contribution in [1.82, 2.24) is 15.1 Å². The van der Waals surface area contributed by atoms with E-state index in [1.807, 2.05) is 20.9 Å². The molecule has 0 aliphatic carbocycles. The van der Waals surface area contributed by atoms with Crippen molar-refractivity contribution < 1.29 is 14.7 Å². The van der Waals surface area contributed by atoms with E-state index in [0.717, 1.165) is 17.0 Å². The fraction of sp³-hybridized carbons (Fsp3) is 0.615. The van der Waals surface area contributed by atoms with Gasteiger partial charge in [-0.1, -0.05) is 6.92 Å². The van der Waals surface area contributed by atoms with Crippen LogP contribution in [0.25, 0.3) is 0 Å². The van der Waals surface area contributed by atoms with Crippen LogP contribution in [0.3, 0.4) is 0 Å². The number of nitrogens with one attached hydrogen (secondary N) is 1. The number of rotatable bonds is 6. The highest BCUT2D eigenvalue weighted by atomic mass is 16.4. The first kappa shape index (κ1) is 15.2. The van der Waals surface area contributed by atoms with Gasteiger partial charge in [0.15, 0.2) is 0 Å². The van der Waals surface area contributed by atoms with E-state index >= 15 is 0 Å². The predicted molar refractivity (Wildman–Crippen MR) is 70.8 cm³/mol. The Bertz CT molecular complexity index is 480. The second-order valence-electron chi connectivity index (χ2n) is 4.70. The molecule has 2 N–H and O–H groups in total. The Morgan fingerprint density at radius 3 is 2.47 bits per heavy atom. The van der Waals surface area contributed by atoms with Gasteiger partial charge in [-0.05, 0) is 20.3 Å². The van der Waals surface area contributed by atoms with Gasteiger partial charge in [-0.3, -0.25) is 14.3 Å². The summed E-state index contributed by atoms with van der Waals surface area (Å²) in [6, 6.07) is 0. The molecule has 0 radical (unpaired) electrons. The lowest BCUT2D eigenvalue weighted by atomic mass is 10.1. The predicted octanol–water partition coefficient (Wildman–Crippen LogP) is 0.806. The smallest absolute Gasteiger partial charge is 0.308 e. The summed E-state index contributed by atoms with van der Waals surface area (Å²) in [7, 11) is 1.83. The van der Waals surface area contributed by atoms with Gasteiger partial charge in [-0.2, -0.15) is 5.10 Å². The molecule has 1 amide bonds. The maximum absolute atomic E-state index is 11.8. The van der Waals surface area contributed by atoms with Gasteiger partial charge in [0, 0.05) is 24.8 Å². The van der Waals surface area contributed by atoms with Gasteiger partial charge in [0.05, 0.1) is 18.0 Å². The lowest BCUT2D eigenvalue weighted by Crippen LogP contribution is -2.33. The lowest BCUT2D eigenvalue weighted by molar-refractivity contribution is -0.141. The summed E-state index contributed by atoms with van der Waals surface area (Å²) in [5, 5.41) is 15.8. The Hall–Kier alpha value is -1.85. The Balaban J connectivity index is 2.58. The Morgan fingerprint density at radius 1 is 1.42 bits per heavy atom. The molecule has 1 rings (SSSR count). The van der Waals surface area contributed by atoms with Gasteiger partial charge >= 0.3 is 5.97 Å². The SMILES string of the molecule is CCC(CNC(=O)Cc1c(C)nn(C)c1C)C(=O)O. The van der Waals surface area contributed by atoms with Crippen molar-refractivity contribution in [3.8, 4) is 0 Å². The maximum atomic E-state index is 11.8. The Morgan fingerprint density at radius 2 is 2.05 bits per heavy atom. The molecule has 106 valence electrons. The Kier molecular flexibility index (Phi) is 5.09. The van der Waals surface area contributed by atoms with Gasteiger partial charge in [0.1, 0.15) is 0 Å². The second-order valence-corrected chi connectivity index (χ2v) is 4.70. The van der Waals surface area contributed by atoms with Crippen LogP contribution in [0.15, 0.2) is 0 Å². The van der Waals surface area contributed by atoms with Crippen LogP contribution in [0.1, 0.15) is 30.3 Å². The molecule has 1 heterocycles. The van der Waals surface area contributed by atoms with E-state index < -0.39 is 11.9 Å². The number of amides is 1. The highest BCUT2D eigenvalue weighted by molar-refractivity contribution is 5.80. The minimum absolute atomic E-state index is 0.168. The van der Waals surface area contributed by atoms with Crippen LogP contribution in [-0.4, -0.2) is 33.3 Å². The van der Waals surface area contributed by atoms with E-state index in [4.69, 9.17) is 5.11 Å². The zero-order valence-corrected chi connectivity index (χ0v) is 11.9. The molecule has 19 heavy (non-hydrogen) atoms. The third-order valence-corrected chi connectivity index (χ3v) is 3.38. The van der Waals surface area contributed by atoms with Crippen molar-refractivity contribution in [1.29, 1.82) is 0 Å². The summed E-state index contributed by atoms with van der Waals surface area (Å²) in [4.78, 5) is 22.7. The van der Waals surface area contributed by atoms with E-state index in [0.29, 0.717) is 6.42 Å². The molecular weight excluding hydrogens is 246 g/mol. The number of hydrogen-bond donors (Lipinski definition) is 2. The molecular formula is C13H21N3O3. The van der Waals surface area contributed by atoms with Gasteiger partial charge in [-0.15, -0.1) is 0 Å². The molecule has 1 aromatic rings. The average molecular weight is 267 g/mol. The molecule has 0 aromatic carbocycles. The molecule has 1 unspecified atom stereocenters. The molecule has 0 spiro atoms. The maximum Gasteiger partial charge on any atom is 0.308 e. The van der Waals surface area contributed by atoms with Gasteiger partial charge in [0.2, 0.25) is 5.91 Å². The summed E-state index contributed by atoms with van der Waals surface area (Å²) in [6.45, 7) is 5.74. The first-order chi connectivity index (χ1) is 8.86. The number of nitrogens with zero attached hydrogens (tertiary/aromatic N) is 2. The van der Waals surface area contributed by atoms with Crippen molar-refractivity contribution in [2.45, 2.75) is 33.6 Å². The topological polar surface area (TPSA) is 84.2 Å². The van der Waals surface area contributed by atoms with Crippen molar-refractivity contribution in [3.63, 3.8) is 0 Å². The minimum Gasteiger partial charge on any atom is -0.481 e. The summed E-state index contributed by atoms with van der Waals surface area (Å²) >= 11 is 0. The third kappa shape index (κ3) is 3.81. The number of carbonyl (C=O) groups is 2. The number of carboxylic acid groups (broad SMARTS) is 1. The number of aryl methyl sites for hydroxylation is 2. The molecule has 6 heteroatoms. The Labute approximate surface area is 112 Å². The van der Waals surface area contributed by atoms with Gasteiger partial charge in [-0.25, -0.2) is 0 Å². The van der Waals surface area contributed by atoms with Gasteiger partial charge < -0.3 is 10.4 Å². The largest absolute Gasteiger partial charge is 0.481 e. The molecule has 0 aliphatic rings. The summed E-state index contributed by atoms with van der Waals surface area (Å²) in [5.74, 6) is -1.57. The van der Waals surface area contributed by atoms with Crippen LogP contribution >= 0.6 is 0 Å². The number of carbonyl (C=O) groups excluding carboxylic acids is 1. The van der Waals surface area contributed by atoms with E-state index in [-0.39, 0.29) is 18.9 Å². The fourth-order valence-corrected chi connectivity index (χ4v) is 1.94. The lowest BCUT2D eigenvalue weighted by Gasteiger charge is -2.11. The molecule has 0 fully saturated rings. The van der Waals surface area contributed by atoms with E-state index in [1.54, 1.807) is 11.6 Å². The number of aliphatic carboxylic acids is 1. The monoisotopic (exact) mass is 267 g/mol. The van der Waals surface area contributed by atoms with Crippen molar-refractivity contribution in [2.24, 2.45) is 13.0 Å². The first-order valence-electron chi connectivity index (χ1n) is 6.35. The first-order valence-corrected chi connectivity index (χ1v) is 6.35. The molecule has 0 saturated heterocycles. The molecule has 0 aliphatic heterocycles. The standard InChI is InChI=1S/C13H21N3O3/c1-5-10(13(18)19)7-14-12(17)6-11-8(2)15-16(4)9(11)3/h10H,5-7H2,1-4H3,(H,14,17)(H,18,19). The van der Waals surface area contributed by atoms with Crippen LogP contribution < -0.4 is 5.32 Å². The molecule has 1 atom stereocenters. The third-order valence-electron chi connectivity index (χ3n) is 3.38. The fourth-order valence-electron chi connectivity index (χ4n) is 1.94. The van der Waals surface area contributed by atoms with Crippen LogP contribution in [0, 0.1) is 19.8 Å². The minimum atomic E-state index is -0.878. The number of aromatic nitrogens is 2. The van der Waals surface area contributed by atoms with Crippen LogP contribution in [0.2, 0.25) is 0 Å². The van der Waals surface area contributed by atoms with Crippen molar-refractivity contribution in [3.05, 3.63) is 17.0 Å². The number of carboxylic acids is 1. The second kappa shape index (κ2) is 6.36. The van der Waals surface area contributed by atoms with Crippen LogP contribution in [-0.2, 0) is 23.1 Å². The zero-order chi connectivity index (χ0) is 14.6.